The van der Waals surface area contributed by atoms with Crippen LogP contribution in [0.5, 0.6) is 5.75 Å². The molecule has 0 saturated carbocycles. The number of hydrogen-bond acceptors (Lipinski definition) is 4. The van der Waals surface area contributed by atoms with Crippen molar-refractivity contribution in [3.05, 3.63) is 29.8 Å². The van der Waals surface area contributed by atoms with Crippen molar-refractivity contribution in [3.63, 3.8) is 0 Å². The van der Waals surface area contributed by atoms with E-state index in [1.54, 1.807) is 7.11 Å². The van der Waals surface area contributed by atoms with Gasteiger partial charge in [-0.15, -0.1) is 5.92 Å². The molecule has 6 heteroatoms. The van der Waals surface area contributed by atoms with Crippen molar-refractivity contribution in [2.24, 2.45) is 0 Å². The fourth-order valence-corrected chi connectivity index (χ4v) is 2.12. The van der Waals surface area contributed by atoms with Gasteiger partial charge in [-0.05, 0) is 65.8 Å². The van der Waals surface area contributed by atoms with Gasteiger partial charge >= 0.3 is 25.6 Å². The molecule has 1 rings (SSSR count). The molecule has 0 radical (unpaired) electrons. The summed E-state index contributed by atoms with van der Waals surface area (Å²) in [6.45, 7) is 9.52. The minimum Gasteiger partial charge on any atom is -0.532 e. The Morgan fingerprint density at radius 1 is 0.792 bits per heavy atom. The van der Waals surface area contributed by atoms with Gasteiger partial charge in [0.2, 0.25) is 0 Å². The summed E-state index contributed by atoms with van der Waals surface area (Å²) >= 11 is 0. The van der Waals surface area contributed by atoms with Gasteiger partial charge in [0.25, 0.3) is 0 Å². The molecule has 0 unspecified atom stereocenters. The monoisotopic (exact) mass is 326 g/mol. The molecule has 0 aliphatic carbocycles. The van der Waals surface area contributed by atoms with Crippen LogP contribution in [0, 0.1) is 11.7 Å². The minimum absolute atomic E-state index is 0. The first kappa shape index (κ1) is 23.1. The summed E-state index contributed by atoms with van der Waals surface area (Å²) in [4.78, 5) is 0. The van der Waals surface area contributed by atoms with Crippen LogP contribution < -0.4 is 23.6 Å². The smallest absolute Gasteiger partial charge is 0.532 e. The molecule has 1 aromatic rings. The van der Waals surface area contributed by atoms with Crippen molar-refractivity contribution in [1.29, 1.82) is 0 Å². The third-order valence-corrected chi connectivity index (χ3v) is 2.84. The van der Waals surface area contributed by atoms with Gasteiger partial charge < -0.3 is 18.7 Å². The molecule has 0 aliphatic rings. The second kappa shape index (κ2) is 10.9. The first-order chi connectivity index (χ1) is 10.8. The largest absolute Gasteiger partial charge is 1.00 e. The van der Waals surface area contributed by atoms with Crippen LogP contribution in [0.4, 0.5) is 0 Å². The molecule has 1 aromatic carbocycles. The van der Waals surface area contributed by atoms with E-state index in [0.29, 0.717) is 0 Å². The summed E-state index contributed by atoms with van der Waals surface area (Å²) in [7, 11) is 1.64. The molecule has 24 heavy (non-hydrogen) atoms. The SMILES string of the molecule is COc1ccc(C#C[B-](OC(C)C)(OC(C)C)OC(C)C)cc1.[Li+]. The zero-order valence-corrected chi connectivity index (χ0v) is 16.3. The normalized spacial score (nSPS) is 11.2. The molecular weight excluding hydrogens is 298 g/mol. The van der Waals surface area contributed by atoms with Crippen molar-refractivity contribution in [2.45, 2.75) is 59.9 Å². The number of benzene rings is 1. The first-order valence-corrected chi connectivity index (χ1v) is 8.10. The second-order valence-electron chi connectivity index (χ2n) is 6.19. The van der Waals surface area contributed by atoms with Crippen molar-refractivity contribution in [3.8, 4) is 17.5 Å². The summed E-state index contributed by atoms with van der Waals surface area (Å²) in [5.74, 6) is 6.98. The molecule has 0 aromatic heterocycles. The second-order valence-corrected chi connectivity index (χ2v) is 6.19. The molecule has 0 atom stereocenters. The molecule has 0 bridgehead atoms. The summed E-state index contributed by atoms with van der Waals surface area (Å²) in [5, 5.41) is 0. The van der Waals surface area contributed by atoms with Crippen LogP contribution >= 0.6 is 0 Å². The van der Waals surface area contributed by atoms with E-state index >= 15 is 0 Å². The Labute approximate surface area is 158 Å². The predicted octanol–water partition coefficient (Wildman–Crippen LogP) is 0.804. The van der Waals surface area contributed by atoms with E-state index in [4.69, 9.17) is 18.7 Å². The van der Waals surface area contributed by atoms with Gasteiger partial charge in [0, 0.05) is 23.9 Å². The predicted molar refractivity (Wildman–Crippen MR) is 94.3 cm³/mol. The van der Waals surface area contributed by atoms with Crippen LogP contribution in [0.15, 0.2) is 24.3 Å². The van der Waals surface area contributed by atoms with Crippen LogP contribution in [0.25, 0.3) is 0 Å². The molecule has 128 valence electrons. The summed E-state index contributed by atoms with van der Waals surface area (Å²) in [6, 6.07) is 7.53. The number of rotatable bonds is 7. The third-order valence-electron chi connectivity index (χ3n) is 2.84. The fourth-order valence-electron chi connectivity index (χ4n) is 2.12. The molecule has 0 aliphatic heterocycles. The zero-order valence-electron chi connectivity index (χ0n) is 16.3. The van der Waals surface area contributed by atoms with Crippen LogP contribution in [0.1, 0.15) is 47.1 Å². The van der Waals surface area contributed by atoms with Crippen molar-refractivity contribution >= 4 is 6.75 Å². The average molecular weight is 326 g/mol. The third kappa shape index (κ3) is 8.29. The Hall–Kier alpha value is -0.878. The molecule has 0 amide bonds. The van der Waals surface area contributed by atoms with Crippen LogP contribution in [-0.4, -0.2) is 32.2 Å². The standard InChI is InChI=1S/C18H28BO4.Li/c1-14(2)21-19(22-15(3)4,23-16(5)6)13-12-17-8-10-18(20-7)11-9-17;/h8-11,14-16H,1-7H3;/q-1;+1. The summed E-state index contributed by atoms with van der Waals surface area (Å²) in [5.41, 5.74) is 0.851. The van der Waals surface area contributed by atoms with Crippen molar-refractivity contribution < 1.29 is 37.6 Å². The molecule has 0 spiro atoms. The minimum atomic E-state index is -2.15. The number of methoxy groups -OCH3 is 1. The number of hydrogen-bond donors (Lipinski definition) is 0. The average Bonchev–Trinajstić information content (AvgIpc) is 2.43. The molecule has 0 fully saturated rings. The van der Waals surface area contributed by atoms with Crippen LogP contribution in [0.2, 0.25) is 0 Å². The maximum atomic E-state index is 5.95. The molecule has 0 saturated heterocycles. The van der Waals surface area contributed by atoms with E-state index in [0.717, 1.165) is 11.3 Å². The first-order valence-electron chi connectivity index (χ1n) is 8.10. The van der Waals surface area contributed by atoms with E-state index in [1.165, 1.54) is 0 Å². The van der Waals surface area contributed by atoms with Gasteiger partial charge in [0.15, 0.2) is 0 Å². The van der Waals surface area contributed by atoms with Gasteiger partial charge in [-0.25, -0.2) is 5.82 Å². The van der Waals surface area contributed by atoms with Gasteiger partial charge in [-0.3, -0.25) is 0 Å². The molecule has 0 heterocycles. The van der Waals surface area contributed by atoms with Gasteiger partial charge in [0.05, 0.1) is 7.11 Å². The summed E-state index contributed by atoms with van der Waals surface area (Å²) in [6.07, 6.45) is -0.173. The summed E-state index contributed by atoms with van der Waals surface area (Å²) < 4.78 is 23.0. The fraction of sp³-hybridized carbons (Fsp3) is 0.556. The zero-order chi connectivity index (χ0) is 17.5. The quantitative estimate of drug-likeness (QED) is 0.549. The van der Waals surface area contributed by atoms with Gasteiger partial charge in [0.1, 0.15) is 5.75 Å². The maximum absolute atomic E-state index is 5.95. The van der Waals surface area contributed by atoms with Crippen molar-refractivity contribution in [1.82, 2.24) is 0 Å². The van der Waals surface area contributed by atoms with E-state index in [-0.39, 0.29) is 37.2 Å². The van der Waals surface area contributed by atoms with E-state index < -0.39 is 6.75 Å². The van der Waals surface area contributed by atoms with Gasteiger partial charge in [-0.1, -0.05) is 0 Å². The van der Waals surface area contributed by atoms with E-state index in [9.17, 15) is 0 Å². The Bertz CT molecular complexity index is 506. The Kier molecular flexibility index (Phi) is 10.5. The van der Waals surface area contributed by atoms with Gasteiger partial charge in [-0.2, -0.15) is 0 Å². The Balaban J connectivity index is 0.00000529. The topological polar surface area (TPSA) is 36.9 Å². The van der Waals surface area contributed by atoms with Crippen LogP contribution in [0.3, 0.4) is 0 Å². The van der Waals surface area contributed by atoms with E-state index in [2.05, 4.69) is 11.7 Å². The van der Waals surface area contributed by atoms with Crippen LogP contribution in [-0.2, 0) is 14.0 Å². The Morgan fingerprint density at radius 3 is 1.54 bits per heavy atom. The molecule has 4 nitrogen and oxygen atoms in total. The van der Waals surface area contributed by atoms with Crippen molar-refractivity contribution in [2.75, 3.05) is 7.11 Å². The molecular formula is C18H28BLiO4. The Morgan fingerprint density at radius 2 is 1.21 bits per heavy atom. The molecule has 0 N–H and O–H groups in total. The maximum Gasteiger partial charge on any atom is 1.00 e. The number of ether oxygens (including phenoxy) is 1. The van der Waals surface area contributed by atoms with E-state index in [1.807, 2.05) is 65.8 Å².